The highest BCUT2D eigenvalue weighted by Crippen LogP contribution is 2.23. The number of para-hydroxylation sites is 1. The summed E-state index contributed by atoms with van der Waals surface area (Å²) in [5, 5.41) is 0. The first-order valence-corrected chi connectivity index (χ1v) is 10.5. The summed E-state index contributed by atoms with van der Waals surface area (Å²) in [4.78, 5) is 24.2. The van der Waals surface area contributed by atoms with Crippen LogP contribution in [0.2, 0.25) is 0 Å². The van der Waals surface area contributed by atoms with E-state index in [-0.39, 0.29) is 12.0 Å². The molecule has 1 aromatic carbocycles. The first-order valence-electron chi connectivity index (χ1n) is 10.5. The monoisotopic (exact) mass is 394 g/mol. The highest BCUT2D eigenvalue weighted by atomic mass is 16.5. The lowest BCUT2D eigenvalue weighted by Gasteiger charge is -2.23. The molecule has 6 heteroatoms. The van der Waals surface area contributed by atoms with Gasteiger partial charge in [0.2, 0.25) is 0 Å². The zero-order valence-electron chi connectivity index (χ0n) is 17.4. The number of anilines is 1. The number of ether oxygens (including phenoxy) is 1. The summed E-state index contributed by atoms with van der Waals surface area (Å²) in [7, 11) is 2.15. The van der Waals surface area contributed by atoms with E-state index >= 15 is 0 Å². The second-order valence-corrected chi connectivity index (χ2v) is 8.07. The van der Waals surface area contributed by atoms with Crippen LogP contribution in [0.25, 0.3) is 0 Å². The maximum Gasteiger partial charge on any atom is 0.272 e. The van der Waals surface area contributed by atoms with E-state index in [9.17, 15) is 4.79 Å². The van der Waals surface area contributed by atoms with Gasteiger partial charge in [-0.15, -0.1) is 0 Å². The van der Waals surface area contributed by atoms with Crippen LogP contribution in [0.5, 0.6) is 5.75 Å². The normalized spacial score (nSPS) is 20.6. The fraction of sp³-hybridized carbons (Fsp3) is 0.478. The number of aromatic nitrogens is 1. The van der Waals surface area contributed by atoms with Crippen LogP contribution < -0.4 is 9.64 Å². The smallest absolute Gasteiger partial charge is 0.272 e. The maximum atomic E-state index is 13.0. The molecule has 1 atom stereocenters. The molecule has 0 N–H and O–H groups in total. The molecule has 2 aromatic rings. The van der Waals surface area contributed by atoms with E-state index in [1.54, 1.807) is 0 Å². The lowest BCUT2D eigenvalue weighted by molar-refractivity contribution is 0.0766. The Morgan fingerprint density at radius 2 is 1.90 bits per heavy atom. The molecule has 0 saturated carbocycles. The van der Waals surface area contributed by atoms with Crippen molar-refractivity contribution in [1.82, 2.24) is 14.8 Å². The maximum absolute atomic E-state index is 13.0. The number of likely N-dealkylation sites (N-methyl/N-ethyl adjacent to an activating group) is 1. The number of carbonyl (C=O) groups excluding carboxylic acids is 1. The van der Waals surface area contributed by atoms with E-state index in [1.165, 1.54) is 0 Å². The Bertz CT molecular complexity index is 856. The van der Waals surface area contributed by atoms with Gasteiger partial charge in [0.05, 0.1) is 6.54 Å². The minimum atomic E-state index is -0.00493. The van der Waals surface area contributed by atoms with Crippen LogP contribution in [0.1, 0.15) is 28.9 Å². The van der Waals surface area contributed by atoms with Crippen LogP contribution in [-0.2, 0) is 0 Å². The van der Waals surface area contributed by atoms with Crippen LogP contribution in [0.3, 0.4) is 0 Å². The van der Waals surface area contributed by atoms with Crippen LogP contribution >= 0.6 is 0 Å². The summed E-state index contributed by atoms with van der Waals surface area (Å²) in [5.74, 6) is 1.80. The predicted octanol–water partition coefficient (Wildman–Crippen LogP) is 2.83. The van der Waals surface area contributed by atoms with Gasteiger partial charge in [-0.1, -0.05) is 24.3 Å². The Hall–Kier alpha value is -2.60. The van der Waals surface area contributed by atoms with E-state index < -0.39 is 0 Å². The molecule has 2 aliphatic rings. The third-order valence-corrected chi connectivity index (χ3v) is 5.82. The standard InChI is InChI=1S/C23H30N4O2/c1-18-7-3-4-9-21(18)29-19-11-14-27(17-19)23(28)20-8-5-10-22(24-20)26-13-6-12-25(2)15-16-26/h3-5,7-10,19H,6,11-17H2,1-2H3. The molecule has 0 bridgehead atoms. The van der Waals surface area contributed by atoms with Gasteiger partial charge in [0.25, 0.3) is 5.91 Å². The van der Waals surface area contributed by atoms with Gasteiger partial charge in [0.15, 0.2) is 0 Å². The number of amides is 1. The van der Waals surface area contributed by atoms with E-state index in [0.717, 1.165) is 56.2 Å². The average molecular weight is 395 g/mol. The highest BCUT2D eigenvalue weighted by Gasteiger charge is 2.29. The summed E-state index contributed by atoms with van der Waals surface area (Å²) in [6.07, 6.45) is 1.99. The molecule has 1 amide bonds. The van der Waals surface area contributed by atoms with Crippen molar-refractivity contribution in [3.63, 3.8) is 0 Å². The van der Waals surface area contributed by atoms with Crippen molar-refractivity contribution in [1.29, 1.82) is 0 Å². The van der Waals surface area contributed by atoms with Gasteiger partial charge in [0.1, 0.15) is 23.4 Å². The second-order valence-electron chi connectivity index (χ2n) is 8.07. The summed E-state index contributed by atoms with van der Waals surface area (Å²) >= 11 is 0. The zero-order chi connectivity index (χ0) is 20.2. The molecule has 2 fully saturated rings. The number of pyridine rings is 1. The van der Waals surface area contributed by atoms with Gasteiger partial charge in [-0.05, 0) is 50.7 Å². The predicted molar refractivity (Wildman–Crippen MR) is 115 cm³/mol. The van der Waals surface area contributed by atoms with Crippen LogP contribution in [0.4, 0.5) is 5.82 Å². The molecular weight excluding hydrogens is 364 g/mol. The van der Waals surface area contributed by atoms with Crippen molar-refractivity contribution in [3.8, 4) is 5.75 Å². The largest absolute Gasteiger partial charge is 0.488 e. The molecule has 29 heavy (non-hydrogen) atoms. The number of hydrogen-bond acceptors (Lipinski definition) is 5. The van der Waals surface area contributed by atoms with Crippen molar-refractivity contribution in [2.45, 2.75) is 25.9 Å². The lowest BCUT2D eigenvalue weighted by Crippen LogP contribution is -2.33. The number of likely N-dealkylation sites (tertiary alicyclic amines) is 1. The first kappa shape index (κ1) is 19.7. The number of aryl methyl sites for hydroxylation is 1. The van der Waals surface area contributed by atoms with Gasteiger partial charge in [0, 0.05) is 32.6 Å². The Kier molecular flexibility index (Phi) is 6.00. The quantitative estimate of drug-likeness (QED) is 0.798. The Balaban J connectivity index is 1.40. The number of benzene rings is 1. The third kappa shape index (κ3) is 4.70. The molecule has 154 valence electrons. The number of hydrogen-bond donors (Lipinski definition) is 0. The van der Waals surface area contributed by atoms with E-state index in [0.29, 0.717) is 18.8 Å². The Morgan fingerprint density at radius 3 is 2.76 bits per heavy atom. The Labute approximate surface area is 173 Å². The molecule has 4 rings (SSSR count). The summed E-state index contributed by atoms with van der Waals surface area (Å²) in [5.41, 5.74) is 1.64. The third-order valence-electron chi connectivity index (χ3n) is 5.82. The van der Waals surface area contributed by atoms with E-state index in [4.69, 9.17) is 9.72 Å². The molecule has 2 aliphatic heterocycles. The molecule has 3 heterocycles. The molecule has 0 radical (unpaired) electrons. The molecule has 1 aromatic heterocycles. The van der Waals surface area contributed by atoms with Gasteiger partial charge in [-0.2, -0.15) is 0 Å². The number of nitrogens with zero attached hydrogens (tertiary/aromatic N) is 4. The van der Waals surface area contributed by atoms with Crippen molar-refractivity contribution in [2.75, 3.05) is 51.2 Å². The molecule has 2 saturated heterocycles. The van der Waals surface area contributed by atoms with Gasteiger partial charge >= 0.3 is 0 Å². The van der Waals surface area contributed by atoms with Gasteiger partial charge in [-0.3, -0.25) is 4.79 Å². The number of rotatable bonds is 4. The Morgan fingerprint density at radius 1 is 1.03 bits per heavy atom. The van der Waals surface area contributed by atoms with Crippen LogP contribution in [0, 0.1) is 6.92 Å². The zero-order valence-corrected chi connectivity index (χ0v) is 17.4. The van der Waals surface area contributed by atoms with Crippen molar-refractivity contribution >= 4 is 11.7 Å². The van der Waals surface area contributed by atoms with Crippen LogP contribution in [-0.4, -0.2) is 73.1 Å². The molecular formula is C23H30N4O2. The van der Waals surface area contributed by atoms with Gasteiger partial charge < -0.3 is 19.4 Å². The molecule has 6 nitrogen and oxygen atoms in total. The van der Waals surface area contributed by atoms with E-state index in [2.05, 4.69) is 16.8 Å². The van der Waals surface area contributed by atoms with Crippen molar-refractivity contribution in [3.05, 3.63) is 53.7 Å². The summed E-state index contributed by atoms with van der Waals surface area (Å²) in [6.45, 7) is 7.39. The van der Waals surface area contributed by atoms with E-state index in [1.807, 2.05) is 54.3 Å². The second kappa shape index (κ2) is 8.82. The summed E-state index contributed by atoms with van der Waals surface area (Å²) in [6, 6.07) is 13.8. The van der Waals surface area contributed by atoms with Crippen molar-refractivity contribution < 1.29 is 9.53 Å². The first-order chi connectivity index (χ1) is 14.1. The summed E-state index contributed by atoms with van der Waals surface area (Å²) < 4.78 is 6.14. The fourth-order valence-electron chi connectivity index (χ4n) is 4.03. The minimum absolute atomic E-state index is 0.00493. The molecule has 1 unspecified atom stereocenters. The minimum Gasteiger partial charge on any atom is -0.488 e. The van der Waals surface area contributed by atoms with Crippen molar-refractivity contribution in [2.24, 2.45) is 0 Å². The molecule has 0 aliphatic carbocycles. The SMILES string of the molecule is Cc1ccccc1OC1CCN(C(=O)c2cccc(N3CCCN(C)CC3)n2)C1. The average Bonchev–Trinajstić information content (AvgIpc) is 3.09. The lowest BCUT2D eigenvalue weighted by atomic mass is 10.2. The fourth-order valence-corrected chi connectivity index (χ4v) is 4.03. The van der Waals surface area contributed by atoms with Gasteiger partial charge in [-0.25, -0.2) is 4.98 Å². The topological polar surface area (TPSA) is 48.9 Å². The van der Waals surface area contributed by atoms with Crippen LogP contribution in [0.15, 0.2) is 42.5 Å². The molecule has 0 spiro atoms. The highest BCUT2D eigenvalue weighted by molar-refractivity contribution is 5.93. The number of carbonyl (C=O) groups is 1.